The van der Waals surface area contributed by atoms with Gasteiger partial charge in [0.1, 0.15) is 4.90 Å². The third kappa shape index (κ3) is 3.02. The summed E-state index contributed by atoms with van der Waals surface area (Å²) in [5, 5.41) is 2.94. The molecule has 0 atom stereocenters. The summed E-state index contributed by atoms with van der Waals surface area (Å²) in [6.07, 6.45) is 0. The number of halogens is 4. The van der Waals surface area contributed by atoms with E-state index in [-0.39, 0.29) is 25.5 Å². The molecule has 4 nitrogen and oxygen atoms in total. The van der Waals surface area contributed by atoms with Crippen LogP contribution in [0.3, 0.4) is 0 Å². The van der Waals surface area contributed by atoms with Crippen molar-refractivity contribution in [2.45, 2.75) is 4.90 Å². The molecule has 0 saturated carbocycles. The van der Waals surface area contributed by atoms with Crippen LogP contribution in [-0.2, 0) is 10.0 Å². The SMILES string of the molecule is Cl.O=S(=O)(c1ccc(F)c(F)c1F)N1CCNCC1. The molecule has 0 amide bonds. The van der Waals surface area contributed by atoms with Crippen molar-refractivity contribution in [3.05, 3.63) is 29.6 Å². The van der Waals surface area contributed by atoms with Gasteiger partial charge in [0.15, 0.2) is 17.5 Å². The normalized spacial score (nSPS) is 17.0. The standard InChI is InChI=1S/C10H11F3N2O2S.ClH/c11-7-1-2-8(10(13)9(7)12)18(16,17)15-5-3-14-4-6-15;/h1-2,14H,3-6H2;1H. The lowest BCUT2D eigenvalue weighted by atomic mass is 10.3. The molecule has 0 bridgehead atoms. The molecule has 0 unspecified atom stereocenters. The first kappa shape index (κ1) is 16.2. The van der Waals surface area contributed by atoms with Crippen LogP contribution < -0.4 is 5.32 Å². The van der Waals surface area contributed by atoms with Crippen LogP contribution >= 0.6 is 12.4 Å². The van der Waals surface area contributed by atoms with Gasteiger partial charge in [-0.25, -0.2) is 21.6 Å². The van der Waals surface area contributed by atoms with Crippen LogP contribution in [0, 0.1) is 17.5 Å². The van der Waals surface area contributed by atoms with Crippen molar-refractivity contribution >= 4 is 22.4 Å². The van der Waals surface area contributed by atoms with Crippen LogP contribution in [0.5, 0.6) is 0 Å². The highest BCUT2D eigenvalue weighted by Crippen LogP contribution is 2.23. The summed E-state index contributed by atoms with van der Waals surface area (Å²) >= 11 is 0. The highest BCUT2D eigenvalue weighted by atomic mass is 35.5. The predicted octanol–water partition coefficient (Wildman–Crippen LogP) is 1.12. The summed E-state index contributed by atoms with van der Waals surface area (Å²) in [6.45, 7) is 1.20. The quantitative estimate of drug-likeness (QED) is 0.832. The van der Waals surface area contributed by atoms with E-state index in [1.807, 2.05) is 0 Å². The minimum Gasteiger partial charge on any atom is -0.314 e. The Labute approximate surface area is 115 Å². The second-order valence-electron chi connectivity index (χ2n) is 3.83. The number of hydrogen-bond donors (Lipinski definition) is 1. The summed E-state index contributed by atoms with van der Waals surface area (Å²) in [6, 6.07) is 1.35. The monoisotopic (exact) mass is 316 g/mol. The van der Waals surface area contributed by atoms with Crippen LogP contribution in [-0.4, -0.2) is 38.9 Å². The maximum atomic E-state index is 13.5. The van der Waals surface area contributed by atoms with E-state index in [0.717, 1.165) is 10.4 Å². The van der Waals surface area contributed by atoms with Gasteiger partial charge in [-0.05, 0) is 12.1 Å². The van der Waals surface area contributed by atoms with E-state index in [1.165, 1.54) is 0 Å². The van der Waals surface area contributed by atoms with Gasteiger partial charge in [0.25, 0.3) is 0 Å². The molecule has 108 valence electrons. The molecule has 0 radical (unpaired) electrons. The summed E-state index contributed by atoms with van der Waals surface area (Å²) in [7, 11) is -4.12. The van der Waals surface area contributed by atoms with Gasteiger partial charge in [-0.3, -0.25) is 0 Å². The first-order valence-corrected chi connectivity index (χ1v) is 6.73. The highest BCUT2D eigenvalue weighted by Gasteiger charge is 2.30. The molecule has 2 rings (SSSR count). The molecule has 1 aromatic rings. The van der Waals surface area contributed by atoms with Crippen molar-refractivity contribution in [2.24, 2.45) is 0 Å². The lowest BCUT2D eigenvalue weighted by Gasteiger charge is -2.26. The average molecular weight is 317 g/mol. The van der Waals surface area contributed by atoms with Crippen molar-refractivity contribution in [1.29, 1.82) is 0 Å². The van der Waals surface area contributed by atoms with Gasteiger partial charge in [-0.2, -0.15) is 4.31 Å². The molecule has 1 aliphatic heterocycles. The number of nitrogens with one attached hydrogen (secondary N) is 1. The molecule has 1 N–H and O–H groups in total. The third-order valence-corrected chi connectivity index (χ3v) is 4.61. The zero-order valence-electron chi connectivity index (χ0n) is 9.70. The number of hydrogen-bond acceptors (Lipinski definition) is 3. The maximum Gasteiger partial charge on any atom is 0.246 e. The lowest BCUT2D eigenvalue weighted by molar-refractivity contribution is 0.356. The first-order chi connectivity index (χ1) is 8.44. The van der Waals surface area contributed by atoms with E-state index in [4.69, 9.17) is 0 Å². The van der Waals surface area contributed by atoms with Crippen LogP contribution in [0.1, 0.15) is 0 Å². The van der Waals surface area contributed by atoms with E-state index < -0.39 is 32.4 Å². The molecule has 0 aliphatic carbocycles. The highest BCUT2D eigenvalue weighted by molar-refractivity contribution is 7.89. The van der Waals surface area contributed by atoms with Crippen LogP contribution in [0.25, 0.3) is 0 Å². The third-order valence-electron chi connectivity index (χ3n) is 2.69. The summed E-state index contributed by atoms with van der Waals surface area (Å²) in [5.41, 5.74) is 0. The number of piperazine rings is 1. The van der Waals surface area contributed by atoms with Crippen molar-refractivity contribution < 1.29 is 21.6 Å². The summed E-state index contributed by atoms with van der Waals surface area (Å²) in [5.74, 6) is -4.86. The van der Waals surface area contributed by atoms with Gasteiger partial charge < -0.3 is 5.32 Å². The van der Waals surface area contributed by atoms with Gasteiger partial charge >= 0.3 is 0 Å². The van der Waals surface area contributed by atoms with E-state index in [2.05, 4.69) is 5.32 Å². The molecule has 1 aliphatic rings. The fraction of sp³-hybridized carbons (Fsp3) is 0.400. The predicted molar refractivity (Wildman–Crippen MR) is 65.2 cm³/mol. The van der Waals surface area contributed by atoms with Gasteiger partial charge in [-0.1, -0.05) is 0 Å². The Morgan fingerprint density at radius 1 is 1.05 bits per heavy atom. The van der Waals surface area contributed by atoms with E-state index in [9.17, 15) is 21.6 Å². The van der Waals surface area contributed by atoms with Crippen LogP contribution in [0.2, 0.25) is 0 Å². The topological polar surface area (TPSA) is 49.4 Å². The fourth-order valence-electron chi connectivity index (χ4n) is 1.73. The van der Waals surface area contributed by atoms with E-state index >= 15 is 0 Å². The molecule has 0 aromatic heterocycles. The Hall–Kier alpha value is -0.830. The maximum absolute atomic E-state index is 13.5. The molecule has 1 saturated heterocycles. The Morgan fingerprint density at radius 2 is 1.63 bits per heavy atom. The van der Waals surface area contributed by atoms with Crippen molar-refractivity contribution in [3.63, 3.8) is 0 Å². The largest absolute Gasteiger partial charge is 0.314 e. The van der Waals surface area contributed by atoms with Gasteiger partial charge in [0, 0.05) is 26.2 Å². The molecule has 0 spiro atoms. The Morgan fingerprint density at radius 3 is 2.21 bits per heavy atom. The number of rotatable bonds is 2. The zero-order chi connectivity index (χ0) is 13.3. The molecular formula is C10H12ClF3N2O2S. The lowest BCUT2D eigenvalue weighted by Crippen LogP contribution is -2.46. The minimum atomic E-state index is -4.12. The molecule has 19 heavy (non-hydrogen) atoms. The van der Waals surface area contributed by atoms with Crippen LogP contribution in [0.15, 0.2) is 17.0 Å². The molecule has 1 heterocycles. The second-order valence-corrected chi connectivity index (χ2v) is 5.73. The first-order valence-electron chi connectivity index (χ1n) is 5.29. The Balaban J connectivity index is 0.00000180. The molecule has 1 fully saturated rings. The zero-order valence-corrected chi connectivity index (χ0v) is 11.3. The van der Waals surface area contributed by atoms with Crippen molar-refractivity contribution in [2.75, 3.05) is 26.2 Å². The number of nitrogens with zero attached hydrogens (tertiary/aromatic N) is 1. The van der Waals surface area contributed by atoms with Crippen molar-refractivity contribution in [1.82, 2.24) is 9.62 Å². The second kappa shape index (κ2) is 6.08. The smallest absolute Gasteiger partial charge is 0.246 e. The molecule has 9 heteroatoms. The fourth-order valence-corrected chi connectivity index (χ4v) is 3.23. The molecule has 1 aromatic carbocycles. The van der Waals surface area contributed by atoms with E-state index in [0.29, 0.717) is 19.2 Å². The van der Waals surface area contributed by atoms with Crippen LogP contribution in [0.4, 0.5) is 13.2 Å². The van der Waals surface area contributed by atoms with Gasteiger partial charge in [0.2, 0.25) is 10.0 Å². The summed E-state index contributed by atoms with van der Waals surface area (Å²) in [4.78, 5) is -0.830. The molecular weight excluding hydrogens is 305 g/mol. The average Bonchev–Trinajstić information content (AvgIpc) is 2.37. The van der Waals surface area contributed by atoms with Crippen molar-refractivity contribution in [3.8, 4) is 0 Å². The minimum absolute atomic E-state index is 0. The van der Waals surface area contributed by atoms with Gasteiger partial charge in [-0.15, -0.1) is 12.4 Å². The number of benzene rings is 1. The summed E-state index contributed by atoms with van der Waals surface area (Å²) < 4.78 is 64.4. The Bertz CT molecular complexity index is 562. The van der Waals surface area contributed by atoms with Gasteiger partial charge in [0.05, 0.1) is 0 Å². The Kier molecular flexibility index (Phi) is 5.19. The van der Waals surface area contributed by atoms with E-state index in [1.54, 1.807) is 0 Å². The number of sulfonamides is 1.